The first-order valence-corrected chi connectivity index (χ1v) is 12.2. The quantitative estimate of drug-likeness (QED) is 0.524. The van der Waals surface area contributed by atoms with Crippen molar-refractivity contribution in [2.45, 2.75) is 44.6 Å². The van der Waals surface area contributed by atoms with E-state index in [0.717, 1.165) is 4.90 Å². The number of nitrogens with one attached hydrogen (secondary N) is 1. The number of carbonyl (C=O) groups is 2. The maximum Gasteiger partial charge on any atom is 0.241 e. The summed E-state index contributed by atoms with van der Waals surface area (Å²) in [5.74, 6) is 0.552. The number of ether oxygens (including phenoxy) is 3. The minimum Gasteiger partial charge on any atom is -0.495 e. The van der Waals surface area contributed by atoms with Gasteiger partial charge in [-0.05, 0) is 56.7 Å². The van der Waals surface area contributed by atoms with Crippen LogP contribution in [-0.2, 0) is 19.6 Å². The number of rotatable bonds is 10. The van der Waals surface area contributed by atoms with Crippen LogP contribution >= 0.6 is 0 Å². The summed E-state index contributed by atoms with van der Waals surface area (Å²) >= 11 is 0. The van der Waals surface area contributed by atoms with E-state index in [0.29, 0.717) is 30.3 Å². The molecule has 1 aliphatic heterocycles. The molecule has 1 aliphatic rings. The predicted molar refractivity (Wildman–Crippen MR) is 122 cm³/mol. The lowest BCUT2D eigenvalue weighted by molar-refractivity contribution is -0.121. The number of carbonyl (C=O) groups excluding carboxylic acids is 2. The van der Waals surface area contributed by atoms with Gasteiger partial charge in [0.1, 0.15) is 5.75 Å². The molecule has 2 amide bonds. The number of nitrogens with zero attached hydrogens (tertiary/aromatic N) is 1. The molecule has 1 saturated heterocycles. The monoisotopic (exact) mass is 476 g/mol. The number of anilines is 1. The molecule has 1 heterocycles. The number of hydrogen-bond donors (Lipinski definition) is 1. The van der Waals surface area contributed by atoms with Crippen molar-refractivity contribution in [2.24, 2.45) is 0 Å². The highest BCUT2D eigenvalue weighted by Gasteiger charge is 2.33. The Hall–Kier alpha value is -3.11. The van der Waals surface area contributed by atoms with Gasteiger partial charge >= 0.3 is 0 Å². The van der Waals surface area contributed by atoms with Crippen LogP contribution in [0.1, 0.15) is 45.2 Å². The smallest absolute Gasteiger partial charge is 0.241 e. The molecular formula is C23H28N2O7S. The fourth-order valence-electron chi connectivity index (χ4n) is 3.56. The largest absolute Gasteiger partial charge is 0.495 e. The van der Waals surface area contributed by atoms with Crippen molar-refractivity contribution in [2.75, 3.05) is 25.2 Å². The zero-order valence-electron chi connectivity index (χ0n) is 19.1. The lowest BCUT2D eigenvalue weighted by Gasteiger charge is -2.20. The third-order valence-electron chi connectivity index (χ3n) is 5.15. The van der Waals surface area contributed by atoms with Crippen molar-refractivity contribution in [3.63, 3.8) is 0 Å². The van der Waals surface area contributed by atoms with Crippen molar-refractivity contribution in [1.29, 1.82) is 0 Å². The van der Waals surface area contributed by atoms with Crippen LogP contribution < -0.4 is 23.8 Å². The second kappa shape index (κ2) is 10.2. The van der Waals surface area contributed by atoms with Gasteiger partial charge in [-0.1, -0.05) is 6.07 Å². The Balaban J connectivity index is 1.90. The van der Waals surface area contributed by atoms with E-state index in [4.69, 9.17) is 14.2 Å². The molecule has 178 valence electrons. The van der Waals surface area contributed by atoms with E-state index in [1.165, 1.54) is 25.3 Å². The summed E-state index contributed by atoms with van der Waals surface area (Å²) in [5.41, 5.74) is 0.796. The average molecular weight is 477 g/mol. The van der Waals surface area contributed by atoms with Gasteiger partial charge in [0.2, 0.25) is 21.8 Å². The fraction of sp³-hybridized carbons (Fsp3) is 0.391. The van der Waals surface area contributed by atoms with Gasteiger partial charge in [0, 0.05) is 18.9 Å². The summed E-state index contributed by atoms with van der Waals surface area (Å²) in [5, 5.41) is 0. The number of methoxy groups -OCH3 is 1. The number of benzene rings is 2. The Bertz CT molecular complexity index is 1130. The van der Waals surface area contributed by atoms with Crippen molar-refractivity contribution in [1.82, 2.24) is 4.72 Å². The molecular weight excluding hydrogens is 448 g/mol. The molecule has 1 fully saturated rings. The summed E-state index contributed by atoms with van der Waals surface area (Å²) in [6, 6.07) is 8.72. The number of hydrogen-bond acceptors (Lipinski definition) is 7. The van der Waals surface area contributed by atoms with E-state index < -0.39 is 27.9 Å². The van der Waals surface area contributed by atoms with E-state index in [1.54, 1.807) is 25.1 Å². The van der Waals surface area contributed by atoms with Crippen LogP contribution in [0.3, 0.4) is 0 Å². The molecule has 0 spiro atoms. The second-order valence-corrected chi connectivity index (χ2v) is 9.09. The van der Waals surface area contributed by atoms with E-state index in [1.807, 2.05) is 13.8 Å². The summed E-state index contributed by atoms with van der Waals surface area (Å²) in [6.07, 6.45) is 0.155. The molecule has 33 heavy (non-hydrogen) atoms. The van der Waals surface area contributed by atoms with Crippen LogP contribution in [0.2, 0.25) is 0 Å². The first-order valence-electron chi connectivity index (χ1n) is 10.7. The first kappa shape index (κ1) is 24.5. The summed E-state index contributed by atoms with van der Waals surface area (Å²) in [4.78, 5) is 25.3. The minimum atomic E-state index is -3.99. The minimum absolute atomic E-state index is 0.0775. The molecule has 0 saturated carbocycles. The Morgan fingerprint density at radius 3 is 2.15 bits per heavy atom. The van der Waals surface area contributed by atoms with Gasteiger partial charge in [-0.15, -0.1) is 0 Å². The normalized spacial score (nSPS) is 15.0. The third kappa shape index (κ3) is 5.28. The van der Waals surface area contributed by atoms with E-state index in [-0.39, 0.29) is 29.2 Å². The molecule has 3 rings (SSSR count). The lowest BCUT2D eigenvalue weighted by Crippen LogP contribution is -2.30. The predicted octanol–water partition coefficient (Wildman–Crippen LogP) is 3.19. The SMILES string of the molecule is CCOc1ccc(C(C)NS(=O)(=O)c2ccc(OC)c(N3C(=O)CCC3=O)c2)cc1OCC. The van der Waals surface area contributed by atoms with Crippen LogP contribution in [0.4, 0.5) is 5.69 Å². The molecule has 0 radical (unpaired) electrons. The topological polar surface area (TPSA) is 111 Å². The van der Waals surface area contributed by atoms with Crippen molar-refractivity contribution >= 4 is 27.5 Å². The van der Waals surface area contributed by atoms with Gasteiger partial charge in [-0.25, -0.2) is 18.0 Å². The zero-order valence-corrected chi connectivity index (χ0v) is 19.9. The van der Waals surface area contributed by atoms with Gasteiger partial charge in [0.05, 0.1) is 30.9 Å². The fourth-order valence-corrected chi connectivity index (χ4v) is 4.81. The average Bonchev–Trinajstić information content (AvgIpc) is 3.12. The summed E-state index contributed by atoms with van der Waals surface area (Å²) < 4.78 is 45.3. The molecule has 1 atom stereocenters. The Labute approximate surface area is 193 Å². The van der Waals surface area contributed by atoms with Crippen LogP contribution in [0, 0.1) is 0 Å². The molecule has 0 bridgehead atoms. The summed E-state index contributed by atoms with van der Waals surface area (Å²) in [7, 11) is -2.60. The molecule has 1 unspecified atom stereocenters. The van der Waals surface area contributed by atoms with Crippen molar-refractivity contribution in [3.05, 3.63) is 42.0 Å². The highest BCUT2D eigenvalue weighted by Crippen LogP contribution is 2.35. The van der Waals surface area contributed by atoms with Gasteiger partial charge in [0.25, 0.3) is 0 Å². The van der Waals surface area contributed by atoms with E-state index >= 15 is 0 Å². The highest BCUT2D eigenvalue weighted by molar-refractivity contribution is 7.89. The number of sulfonamides is 1. The second-order valence-electron chi connectivity index (χ2n) is 7.37. The van der Waals surface area contributed by atoms with E-state index in [9.17, 15) is 18.0 Å². The third-order valence-corrected chi connectivity index (χ3v) is 6.69. The zero-order chi connectivity index (χ0) is 24.2. The maximum atomic E-state index is 13.1. The van der Waals surface area contributed by atoms with Crippen LogP contribution in [0.15, 0.2) is 41.3 Å². The van der Waals surface area contributed by atoms with Crippen LogP contribution in [0.5, 0.6) is 17.2 Å². The molecule has 9 nitrogen and oxygen atoms in total. The van der Waals surface area contributed by atoms with Gasteiger partial charge in [-0.3, -0.25) is 9.59 Å². The molecule has 10 heteroatoms. The maximum absolute atomic E-state index is 13.1. The first-order chi connectivity index (χ1) is 15.7. The van der Waals surface area contributed by atoms with Gasteiger partial charge < -0.3 is 14.2 Å². The van der Waals surface area contributed by atoms with Crippen molar-refractivity contribution < 1.29 is 32.2 Å². The molecule has 0 aliphatic carbocycles. The standard InChI is InChI=1S/C23H28N2O7S/c1-5-31-20-9-7-16(13-21(20)32-6-2)15(3)24-33(28,29)17-8-10-19(30-4)18(14-17)25-22(26)11-12-23(25)27/h7-10,13-15,24H,5-6,11-12H2,1-4H3. The molecule has 0 aromatic heterocycles. The Kier molecular flexibility index (Phi) is 7.60. The van der Waals surface area contributed by atoms with Crippen molar-refractivity contribution in [3.8, 4) is 17.2 Å². The van der Waals surface area contributed by atoms with Gasteiger partial charge in [0.15, 0.2) is 11.5 Å². The van der Waals surface area contributed by atoms with Gasteiger partial charge in [-0.2, -0.15) is 0 Å². The Morgan fingerprint density at radius 1 is 0.939 bits per heavy atom. The van der Waals surface area contributed by atoms with Crippen LogP contribution in [-0.4, -0.2) is 40.6 Å². The highest BCUT2D eigenvalue weighted by atomic mass is 32.2. The number of amides is 2. The molecule has 2 aromatic rings. The van der Waals surface area contributed by atoms with E-state index in [2.05, 4.69) is 4.72 Å². The lowest BCUT2D eigenvalue weighted by atomic mass is 10.1. The summed E-state index contributed by atoms with van der Waals surface area (Å²) in [6.45, 7) is 6.34. The molecule has 1 N–H and O–H groups in total. The Morgan fingerprint density at radius 2 is 1.55 bits per heavy atom. The van der Waals surface area contributed by atoms with Crippen LogP contribution in [0.25, 0.3) is 0 Å². The molecule has 2 aromatic carbocycles. The number of imide groups is 1.